The largest absolute Gasteiger partial charge is 0.469 e. The Balaban J connectivity index is 3.08. The van der Waals surface area contributed by atoms with E-state index in [4.69, 9.17) is 0 Å². The van der Waals surface area contributed by atoms with Gasteiger partial charge in [0.05, 0.1) is 17.8 Å². The Morgan fingerprint density at radius 1 is 1.32 bits per heavy atom. The number of sulfone groups is 1. The van der Waals surface area contributed by atoms with Crippen molar-refractivity contribution >= 4 is 15.8 Å². The van der Waals surface area contributed by atoms with Crippen molar-refractivity contribution in [3.05, 3.63) is 29.3 Å². The molecule has 1 aromatic rings. The second-order valence-corrected chi connectivity index (χ2v) is 6.58. The van der Waals surface area contributed by atoms with Gasteiger partial charge in [0.15, 0.2) is 9.84 Å². The van der Waals surface area contributed by atoms with E-state index in [2.05, 4.69) is 4.74 Å². The molecule has 0 heterocycles. The highest BCUT2D eigenvalue weighted by molar-refractivity contribution is 7.91. The van der Waals surface area contributed by atoms with Crippen LogP contribution in [0.2, 0.25) is 0 Å². The number of esters is 1. The number of aryl methyl sites for hydroxylation is 2. The molecule has 0 saturated heterocycles. The van der Waals surface area contributed by atoms with Crippen LogP contribution in [-0.2, 0) is 25.8 Å². The van der Waals surface area contributed by atoms with Gasteiger partial charge in [0.25, 0.3) is 0 Å². The topological polar surface area (TPSA) is 60.4 Å². The number of carbonyl (C=O) groups is 1. The summed E-state index contributed by atoms with van der Waals surface area (Å²) in [5.74, 6) is -0.207. The molecule has 1 rings (SSSR count). The van der Waals surface area contributed by atoms with Crippen LogP contribution in [0.3, 0.4) is 0 Å². The number of hydrogen-bond donors (Lipinski definition) is 0. The van der Waals surface area contributed by atoms with Crippen molar-refractivity contribution in [1.29, 1.82) is 0 Å². The van der Waals surface area contributed by atoms with Gasteiger partial charge in [-0.3, -0.25) is 4.79 Å². The molecule has 1 aromatic carbocycles. The molecule has 0 bridgehead atoms. The first-order valence-corrected chi connectivity index (χ1v) is 7.95. The summed E-state index contributed by atoms with van der Waals surface area (Å²) in [6.45, 7) is 3.73. The normalized spacial score (nSPS) is 11.3. The molecule has 0 aliphatic heterocycles. The van der Waals surface area contributed by atoms with E-state index in [1.807, 2.05) is 19.9 Å². The lowest BCUT2D eigenvalue weighted by Gasteiger charge is -2.10. The smallest absolute Gasteiger partial charge is 0.305 e. The van der Waals surface area contributed by atoms with Crippen LogP contribution in [0.5, 0.6) is 0 Å². The van der Waals surface area contributed by atoms with Crippen molar-refractivity contribution in [1.82, 2.24) is 0 Å². The Bertz CT molecular complexity index is 547. The van der Waals surface area contributed by atoms with Crippen molar-refractivity contribution in [2.45, 2.75) is 38.0 Å². The molecule has 5 heteroatoms. The Labute approximate surface area is 114 Å². The van der Waals surface area contributed by atoms with Gasteiger partial charge in [-0.15, -0.1) is 0 Å². The summed E-state index contributed by atoms with van der Waals surface area (Å²) in [6.07, 6.45) is 1.15. The third-order valence-electron chi connectivity index (χ3n) is 2.85. The fraction of sp³-hybridized carbons (Fsp3) is 0.500. The summed E-state index contributed by atoms with van der Waals surface area (Å²) < 4.78 is 28.9. The monoisotopic (exact) mass is 284 g/mol. The first kappa shape index (κ1) is 15.7. The van der Waals surface area contributed by atoms with Gasteiger partial charge >= 0.3 is 5.97 Å². The molecule has 0 unspecified atom stereocenters. The zero-order valence-corrected chi connectivity index (χ0v) is 12.4. The van der Waals surface area contributed by atoms with E-state index in [1.54, 1.807) is 12.1 Å². The molecule has 0 radical (unpaired) electrons. The molecule has 0 spiro atoms. The van der Waals surface area contributed by atoms with Crippen molar-refractivity contribution in [3.8, 4) is 0 Å². The van der Waals surface area contributed by atoms with Crippen LogP contribution in [0.1, 0.15) is 30.9 Å². The molecule has 0 aromatic heterocycles. The zero-order valence-electron chi connectivity index (χ0n) is 11.6. The second-order valence-electron chi connectivity index (χ2n) is 4.51. The zero-order chi connectivity index (χ0) is 14.5. The molecular formula is C14H20O4S. The molecule has 0 fully saturated rings. The molecule has 0 saturated carbocycles. The van der Waals surface area contributed by atoms with E-state index in [9.17, 15) is 13.2 Å². The number of rotatable bonds is 6. The minimum absolute atomic E-state index is 0.126. The van der Waals surface area contributed by atoms with Gasteiger partial charge in [0, 0.05) is 6.42 Å². The summed E-state index contributed by atoms with van der Waals surface area (Å²) in [5.41, 5.74) is 1.68. The van der Waals surface area contributed by atoms with Gasteiger partial charge in [-0.2, -0.15) is 0 Å². The fourth-order valence-electron chi connectivity index (χ4n) is 1.92. The summed E-state index contributed by atoms with van der Waals surface area (Å²) in [4.78, 5) is 11.5. The fourth-order valence-corrected chi connectivity index (χ4v) is 3.52. The SMILES string of the molecule is CCCS(=O)(=O)c1ccc(C)cc1CCC(=O)OC. The van der Waals surface area contributed by atoms with Crippen LogP contribution in [0.4, 0.5) is 0 Å². The van der Waals surface area contributed by atoms with E-state index >= 15 is 0 Å². The van der Waals surface area contributed by atoms with E-state index in [0.29, 0.717) is 23.3 Å². The number of carbonyl (C=O) groups excluding carboxylic acids is 1. The quantitative estimate of drug-likeness (QED) is 0.752. The minimum atomic E-state index is -3.26. The number of hydrogen-bond acceptors (Lipinski definition) is 4. The molecule has 19 heavy (non-hydrogen) atoms. The Kier molecular flexibility index (Phi) is 5.54. The predicted molar refractivity (Wildman–Crippen MR) is 73.9 cm³/mol. The average Bonchev–Trinajstić information content (AvgIpc) is 2.35. The molecule has 0 aliphatic carbocycles. The van der Waals surface area contributed by atoms with E-state index < -0.39 is 9.84 Å². The highest BCUT2D eigenvalue weighted by atomic mass is 32.2. The third kappa shape index (κ3) is 4.35. The summed E-state index contributed by atoms with van der Waals surface area (Å²) >= 11 is 0. The highest BCUT2D eigenvalue weighted by Crippen LogP contribution is 2.21. The molecule has 4 nitrogen and oxygen atoms in total. The maximum Gasteiger partial charge on any atom is 0.305 e. The maximum atomic E-state index is 12.2. The van der Waals surface area contributed by atoms with Gasteiger partial charge in [-0.25, -0.2) is 8.42 Å². The van der Waals surface area contributed by atoms with Crippen molar-refractivity contribution in [2.24, 2.45) is 0 Å². The summed E-state index contributed by atoms with van der Waals surface area (Å²) in [7, 11) is -1.94. The number of benzene rings is 1. The van der Waals surface area contributed by atoms with E-state index in [1.165, 1.54) is 7.11 Å². The van der Waals surface area contributed by atoms with Crippen LogP contribution in [0.25, 0.3) is 0 Å². The van der Waals surface area contributed by atoms with Crippen LogP contribution < -0.4 is 0 Å². The van der Waals surface area contributed by atoms with E-state index in [-0.39, 0.29) is 18.1 Å². The molecule has 0 aliphatic rings. The Morgan fingerprint density at radius 3 is 2.58 bits per heavy atom. The van der Waals surface area contributed by atoms with Gasteiger partial charge in [-0.05, 0) is 31.4 Å². The van der Waals surface area contributed by atoms with Crippen molar-refractivity contribution in [2.75, 3.05) is 12.9 Å². The molecular weight excluding hydrogens is 264 g/mol. The average molecular weight is 284 g/mol. The molecule has 0 N–H and O–H groups in total. The maximum absolute atomic E-state index is 12.2. The van der Waals surface area contributed by atoms with E-state index in [0.717, 1.165) is 5.56 Å². The standard InChI is InChI=1S/C14H20O4S/c1-4-9-19(16,17)13-7-5-11(2)10-12(13)6-8-14(15)18-3/h5,7,10H,4,6,8-9H2,1-3H3. The lowest BCUT2D eigenvalue weighted by molar-refractivity contribution is -0.140. The molecule has 106 valence electrons. The van der Waals surface area contributed by atoms with Crippen LogP contribution in [-0.4, -0.2) is 27.2 Å². The van der Waals surface area contributed by atoms with Crippen molar-refractivity contribution in [3.63, 3.8) is 0 Å². The van der Waals surface area contributed by atoms with Crippen LogP contribution in [0, 0.1) is 6.92 Å². The highest BCUT2D eigenvalue weighted by Gasteiger charge is 2.18. The molecule has 0 amide bonds. The van der Waals surface area contributed by atoms with Crippen LogP contribution in [0.15, 0.2) is 23.1 Å². The first-order chi connectivity index (χ1) is 8.90. The Morgan fingerprint density at radius 2 is 2.00 bits per heavy atom. The number of methoxy groups -OCH3 is 1. The van der Waals surface area contributed by atoms with Gasteiger partial charge in [0.2, 0.25) is 0 Å². The van der Waals surface area contributed by atoms with Crippen molar-refractivity contribution < 1.29 is 17.9 Å². The second kappa shape index (κ2) is 6.70. The lowest BCUT2D eigenvalue weighted by Crippen LogP contribution is -2.11. The Hall–Kier alpha value is -1.36. The summed E-state index contributed by atoms with van der Waals surface area (Å²) in [5, 5.41) is 0. The van der Waals surface area contributed by atoms with Gasteiger partial charge in [0.1, 0.15) is 0 Å². The molecule has 0 atom stereocenters. The summed E-state index contributed by atoms with van der Waals surface area (Å²) in [6, 6.07) is 5.24. The predicted octanol–water partition coefficient (Wildman–Crippen LogP) is 2.28. The van der Waals surface area contributed by atoms with Gasteiger partial charge in [-0.1, -0.05) is 24.6 Å². The van der Waals surface area contributed by atoms with Gasteiger partial charge < -0.3 is 4.74 Å². The van der Waals surface area contributed by atoms with Crippen LogP contribution >= 0.6 is 0 Å². The lowest BCUT2D eigenvalue weighted by atomic mass is 10.1. The minimum Gasteiger partial charge on any atom is -0.469 e. The third-order valence-corrected chi connectivity index (χ3v) is 4.86. The number of ether oxygens (including phenoxy) is 1. The first-order valence-electron chi connectivity index (χ1n) is 6.29.